The number of carbonyl (C=O) groups is 2. The first-order chi connectivity index (χ1) is 13.6. The Morgan fingerprint density at radius 2 is 1.97 bits per heavy atom. The summed E-state index contributed by atoms with van der Waals surface area (Å²) in [6.45, 7) is 10.5. The van der Waals surface area contributed by atoms with Crippen LogP contribution >= 0.6 is 11.8 Å². The normalized spacial score (nSPS) is 23.8. The monoisotopic (exact) mass is 412 g/mol. The number of hydrogen-bond acceptors (Lipinski definition) is 5. The summed E-state index contributed by atoms with van der Waals surface area (Å²) < 4.78 is 0. The average Bonchev–Trinajstić information content (AvgIpc) is 2.94. The van der Waals surface area contributed by atoms with Crippen LogP contribution in [0.4, 0.5) is 5.69 Å². The van der Waals surface area contributed by atoms with Gasteiger partial charge in [0, 0.05) is 12.1 Å². The molecule has 1 fully saturated rings. The van der Waals surface area contributed by atoms with E-state index < -0.39 is 5.25 Å². The molecule has 0 unspecified atom stereocenters. The van der Waals surface area contributed by atoms with Gasteiger partial charge in [-0.2, -0.15) is 5.10 Å². The number of allylic oxidation sites excluding steroid dienone is 2. The van der Waals surface area contributed by atoms with Gasteiger partial charge in [0.1, 0.15) is 5.25 Å². The molecule has 1 aliphatic heterocycles. The van der Waals surface area contributed by atoms with Gasteiger partial charge in [-0.05, 0) is 68.4 Å². The van der Waals surface area contributed by atoms with E-state index in [0.29, 0.717) is 5.17 Å². The van der Waals surface area contributed by atoms with Crippen LogP contribution in [0.3, 0.4) is 0 Å². The number of aryl methyl sites for hydroxylation is 2. The molecule has 154 valence electrons. The fraction of sp³-hybridized carbons (Fsp3) is 0.455. The average molecular weight is 413 g/mol. The van der Waals surface area contributed by atoms with E-state index in [9.17, 15) is 9.59 Å². The van der Waals surface area contributed by atoms with Crippen molar-refractivity contribution in [1.29, 1.82) is 0 Å². The van der Waals surface area contributed by atoms with E-state index in [1.165, 1.54) is 22.9 Å². The third kappa shape index (κ3) is 5.79. The molecule has 0 aromatic heterocycles. The number of rotatable bonds is 4. The molecule has 2 amide bonds. The summed E-state index contributed by atoms with van der Waals surface area (Å²) in [6, 6.07) is 5.76. The Kier molecular flexibility index (Phi) is 6.27. The van der Waals surface area contributed by atoms with Gasteiger partial charge < -0.3 is 10.6 Å². The smallest absolute Gasteiger partial charge is 0.240 e. The van der Waals surface area contributed by atoms with Gasteiger partial charge in [0.25, 0.3) is 0 Å². The number of amidine groups is 1. The SMILES string of the molecule is CC1=C/C(=N/N=C2\NC(=O)[C@H](CC(=O)Nc3ccc(C)c(C)c3)S2)CC(C)(C)C1. The third-order valence-electron chi connectivity index (χ3n) is 5.04. The molecule has 0 bridgehead atoms. The first kappa shape index (κ1) is 21.3. The molecule has 1 atom stereocenters. The zero-order chi connectivity index (χ0) is 21.2. The summed E-state index contributed by atoms with van der Waals surface area (Å²) in [5, 5.41) is 14.1. The van der Waals surface area contributed by atoms with Crippen molar-refractivity contribution in [3.63, 3.8) is 0 Å². The fourth-order valence-electron chi connectivity index (χ4n) is 3.65. The molecule has 29 heavy (non-hydrogen) atoms. The van der Waals surface area contributed by atoms with Gasteiger partial charge in [0.15, 0.2) is 5.17 Å². The van der Waals surface area contributed by atoms with Crippen molar-refractivity contribution < 1.29 is 9.59 Å². The second-order valence-electron chi connectivity index (χ2n) is 8.65. The standard InChI is InChI=1S/C22H28N4O2S/c1-13-8-17(12-22(4,5)11-13)25-26-21-24-20(28)18(29-21)10-19(27)23-16-7-6-14(2)15(3)9-16/h6-9,18H,10-12H2,1-5H3,(H,23,27)(H,24,26,28)/b25-17-/t18-/m0/s1. The minimum Gasteiger partial charge on any atom is -0.326 e. The number of anilines is 1. The van der Waals surface area contributed by atoms with Crippen LogP contribution in [-0.4, -0.2) is 27.9 Å². The molecule has 1 aromatic rings. The van der Waals surface area contributed by atoms with Crippen LogP contribution < -0.4 is 10.6 Å². The van der Waals surface area contributed by atoms with Gasteiger partial charge in [0.05, 0.1) is 5.71 Å². The lowest BCUT2D eigenvalue weighted by molar-refractivity contribution is -0.122. The molecule has 1 aromatic carbocycles. The highest BCUT2D eigenvalue weighted by atomic mass is 32.2. The van der Waals surface area contributed by atoms with E-state index in [2.05, 4.69) is 47.7 Å². The first-order valence-electron chi connectivity index (χ1n) is 9.78. The lowest BCUT2D eigenvalue weighted by Gasteiger charge is -2.28. The number of nitrogens with zero attached hydrogens (tertiary/aromatic N) is 2. The zero-order valence-corrected chi connectivity index (χ0v) is 18.4. The van der Waals surface area contributed by atoms with Crippen LogP contribution in [0.25, 0.3) is 0 Å². The lowest BCUT2D eigenvalue weighted by Crippen LogP contribution is -2.28. The number of amides is 2. The Labute approximate surface area is 176 Å². The Morgan fingerprint density at radius 3 is 2.66 bits per heavy atom. The van der Waals surface area contributed by atoms with Crippen LogP contribution in [0.15, 0.2) is 40.1 Å². The molecule has 3 rings (SSSR count). The molecule has 2 N–H and O–H groups in total. The lowest BCUT2D eigenvalue weighted by atomic mass is 9.77. The fourth-order valence-corrected chi connectivity index (χ4v) is 4.57. The third-order valence-corrected chi connectivity index (χ3v) is 6.11. The van der Waals surface area contributed by atoms with E-state index in [1.807, 2.05) is 32.0 Å². The van der Waals surface area contributed by atoms with Crippen LogP contribution in [0.1, 0.15) is 51.2 Å². The zero-order valence-electron chi connectivity index (χ0n) is 17.6. The summed E-state index contributed by atoms with van der Waals surface area (Å²) >= 11 is 1.25. The van der Waals surface area contributed by atoms with E-state index in [-0.39, 0.29) is 23.7 Å². The van der Waals surface area contributed by atoms with Crippen molar-refractivity contribution in [3.05, 3.63) is 41.0 Å². The van der Waals surface area contributed by atoms with Crippen LogP contribution in [0, 0.1) is 19.3 Å². The number of thioether (sulfide) groups is 1. The van der Waals surface area contributed by atoms with Crippen LogP contribution in [0.5, 0.6) is 0 Å². The molecule has 6 nitrogen and oxygen atoms in total. The molecule has 1 aliphatic carbocycles. The predicted octanol–water partition coefficient (Wildman–Crippen LogP) is 4.34. The second-order valence-corrected chi connectivity index (χ2v) is 9.84. The molecule has 1 saturated heterocycles. The number of carbonyl (C=O) groups excluding carboxylic acids is 2. The topological polar surface area (TPSA) is 82.9 Å². The number of hydrogen-bond donors (Lipinski definition) is 2. The van der Waals surface area contributed by atoms with Crippen molar-refractivity contribution >= 4 is 40.1 Å². The van der Waals surface area contributed by atoms with Crippen LogP contribution in [-0.2, 0) is 9.59 Å². The minimum absolute atomic E-state index is 0.0884. The number of nitrogens with one attached hydrogen (secondary N) is 2. The highest BCUT2D eigenvalue weighted by Gasteiger charge is 2.32. The second kappa shape index (κ2) is 8.53. The maximum atomic E-state index is 12.4. The summed E-state index contributed by atoms with van der Waals surface area (Å²) in [7, 11) is 0. The molecule has 7 heteroatoms. The van der Waals surface area contributed by atoms with Gasteiger partial charge in [0.2, 0.25) is 11.8 Å². The molecular formula is C22H28N4O2S. The summed E-state index contributed by atoms with van der Waals surface area (Å²) in [5.74, 6) is -0.402. The van der Waals surface area contributed by atoms with Gasteiger partial charge in [-0.15, -0.1) is 5.10 Å². The maximum absolute atomic E-state index is 12.4. The van der Waals surface area contributed by atoms with Crippen molar-refractivity contribution in [2.45, 2.75) is 59.1 Å². The molecule has 0 spiro atoms. The van der Waals surface area contributed by atoms with Gasteiger partial charge >= 0.3 is 0 Å². The predicted molar refractivity (Wildman–Crippen MR) is 120 cm³/mol. The summed E-state index contributed by atoms with van der Waals surface area (Å²) in [6.07, 6.45) is 4.05. The molecule has 0 saturated carbocycles. The van der Waals surface area contributed by atoms with Gasteiger partial charge in [-0.3, -0.25) is 9.59 Å². The van der Waals surface area contributed by atoms with Crippen molar-refractivity contribution in [2.75, 3.05) is 5.32 Å². The van der Waals surface area contributed by atoms with Crippen molar-refractivity contribution in [3.8, 4) is 0 Å². The Hall–Kier alpha value is -2.41. The molecule has 1 heterocycles. The Balaban J connectivity index is 1.60. The van der Waals surface area contributed by atoms with E-state index >= 15 is 0 Å². The summed E-state index contributed by atoms with van der Waals surface area (Å²) in [5.41, 5.74) is 5.38. The molecule has 2 aliphatic rings. The Bertz CT molecular complexity index is 931. The van der Waals surface area contributed by atoms with E-state index in [0.717, 1.165) is 29.8 Å². The largest absolute Gasteiger partial charge is 0.326 e. The maximum Gasteiger partial charge on any atom is 0.240 e. The Morgan fingerprint density at radius 1 is 1.21 bits per heavy atom. The molecule has 0 radical (unpaired) electrons. The first-order valence-corrected chi connectivity index (χ1v) is 10.7. The van der Waals surface area contributed by atoms with Gasteiger partial charge in [-0.1, -0.05) is 37.2 Å². The highest BCUT2D eigenvalue weighted by molar-refractivity contribution is 8.15. The highest BCUT2D eigenvalue weighted by Crippen LogP contribution is 2.34. The van der Waals surface area contributed by atoms with E-state index in [1.54, 1.807) is 0 Å². The van der Waals surface area contributed by atoms with Crippen molar-refractivity contribution in [2.24, 2.45) is 15.6 Å². The molecular weight excluding hydrogens is 384 g/mol. The van der Waals surface area contributed by atoms with Crippen molar-refractivity contribution in [1.82, 2.24) is 5.32 Å². The van der Waals surface area contributed by atoms with Gasteiger partial charge in [-0.25, -0.2) is 0 Å². The minimum atomic E-state index is -0.499. The number of benzene rings is 1. The quantitative estimate of drug-likeness (QED) is 0.722. The van der Waals surface area contributed by atoms with Crippen LogP contribution in [0.2, 0.25) is 0 Å². The summed E-state index contributed by atoms with van der Waals surface area (Å²) in [4.78, 5) is 24.6. The van der Waals surface area contributed by atoms with E-state index in [4.69, 9.17) is 0 Å².